The van der Waals surface area contributed by atoms with Crippen molar-refractivity contribution in [2.45, 2.75) is 66.2 Å². The van der Waals surface area contributed by atoms with Crippen molar-refractivity contribution >= 4 is 23.0 Å². The first-order chi connectivity index (χ1) is 18.3. The van der Waals surface area contributed by atoms with E-state index >= 15 is 0 Å². The third-order valence-corrected chi connectivity index (χ3v) is 7.61. The first-order valence-electron chi connectivity index (χ1n) is 13.3. The highest BCUT2D eigenvalue weighted by atomic mass is 32.1. The number of pyridine rings is 1. The quantitative estimate of drug-likeness (QED) is 0.257. The van der Waals surface area contributed by atoms with Gasteiger partial charge in [-0.05, 0) is 112 Å². The van der Waals surface area contributed by atoms with Crippen molar-refractivity contribution in [3.8, 4) is 11.4 Å². The summed E-state index contributed by atoms with van der Waals surface area (Å²) in [5, 5.41) is 4.29. The van der Waals surface area contributed by atoms with Crippen molar-refractivity contribution < 1.29 is 4.74 Å². The fourth-order valence-corrected chi connectivity index (χ4v) is 6.01. The molecule has 0 aliphatic carbocycles. The molecule has 0 bridgehead atoms. The molecule has 6 heteroatoms. The summed E-state index contributed by atoms with van der Waals surface area (Å²) < 4.78 is 8.32. The van der Waals surface area contributed by atoms with Gasteiger partial charge in [0.15, 0.2) is 5.11 Å². The van der Waals surface area contributed by atoms with Crippen LogP contribution in [0.4, 0.5) is 5.69 Å². The van der Waals surface area contributed by atoms with Gasteiger partial charge >= 0.3 is 0 Å². The number of nitrogens with one attached hydrogen (secondary N) is 1. The molecule has 0 saturated carbocycles. The Morgan fingerprint density at radius 3 is 2.42 bits per heavy atom. The van der Waals surface area contributed by atoms with Crippen LogP contribution in [-0.2, 0) is 6.42 Å². The zero-order valence-corrected chi connectivity index (χ0v) is 23.8. The van der Waals surface area contributed by atoms with E-state index in [1.54, 1.807) is 0 Å². The van der Waals surface area contributed by atoms with Crippen molar-refractivity contribution in [2.24, 2.45) is 0 Å². The van der Waals surface area contributed by atoms with Gasteiger partial charge in [0.25, 0.3) is 0 Å². The number of thiocarbonyl (C=S) groups is 1. The Labute approximate surface area is 231 Å². The van der Waals surface area contributed by atoms with E-state index < -0.39 is 0 Å². The summed E-state index contributed by atoms with van der Waals surface area (Å²) in [6, 6.07) is 23.0. The highest BCUT2D eigenvalue weighted by Gasteiger charge is 2.42. The Morgan fingerprint density at radius 1 is 1.00 bits per heavy atom. The summed E-state index contributed by atoms with van der Waals surface area (Å²) in [5.74, 6) is 0.851. The number of rotatable bonds is 7. The SMILES string of the molecule is CCc1cccc(C)c1-n1c(C)cc([C@H]2[C@H](c3ccccn3)NC(=S)N2c2ccc(OC(C)C)cc2)c1C. The van der Waals surface area contributed by atoms with Crippen LogP contribution in [0.25, 0.3) is 5.69 Å². The summed E-state index contributed by atoms with van der Waals surface area (Å²) >= 11 is 5.97. The van der Waals surface area contributed by atoms with Gasteiger partial charge in [-0.1, -0.05) is 31.2 Å². The van der Waals surface area contributed by atoms with Crippen molar-refractivity contribution in [1.29, 1.82) is 0 Å². The lowest BCUT2D eigenvalue weighted by atomic mass is 9.96. The molecule has 196 valence electrons. The van der Waals surface area contributed by atoms with Crippen LogP contribution in [0, 0.1) is 20.8 Å². The van der Waals surface area contributed by atoms with Gasteiger partial charge in [0.1, 0.15) is 5.75 Å². The van der Waals surface area contributed by atoms with Crippen molar-refractivity contribution in [1.82, 2.24) is 14.9 Å². The van der Waals surface area contributed by atoms with Gasteiger partial charge in [0.2, 0.25) is 0 Å². The monoisotopic (exact) mass is 524 g/mol. The maximum atomic E-state index is 5.97. The summed E-state index contributed by atoms with van der Waals surface area (Å²) in [7, 11) is 0. The fraction of sp³-hybridized carbons (Fsp3) is 0.312. The maximum absolute atomic E-state index is 5.97. The molecule has 1 saturated heterocycles. The smallest absolute Gasteiger partial charge is 0.174 e. The highest BCUT2D eigenvalue weighted by Crippen LogP contribution is 2.44. The van der Waals surface area contributed by atoms with Gasteiger partial charge in [-0.25, -0.2) is 0 Å². The Balaban J connectivity index is 1.66. The second-order valence-electron chi connectivity index (χ2n) is 10.3. The number of aryl methyl sites for hydroxylation is 3. The Morgan fingerprint density at radius 2 is 1.76 bits per heavy atom. The maximum Gasteiger partial charge on any atom is 0.174 e. The number of anilines is 1. The zero-order valence-electron chi connectivity index (χ0n) is 23.0. The van der Waals surface area contributed by atoms with Crippen LogP contribution < -0.4 is 15.0 Å². The number of ether oxygens (including phenoxy) is 1. The van der Waals surface area contributed by atoms with E-state index in [9.17, 15) is 0 Å². The average molecular weight is 525 g/mol. The number of hydrogen-bond acceptors (Lipinski definition) is 3. The lowest BCUT2D eigenvalue weighted by molar-refractivity contribution is 0.242. The number of para-hydroxylation sites is 1. The first-order valence-corrected chi connectivity index (χ1v) is 13.8. The summed E-state index contributed by atoms with van der Waals surface area (Å²) in [5.41, 5.74) is 9.55. The molecule has 1 fully saturated rings. The molecule has 38 heavy (non-hydrogen) atoms. The van der Waals surface area contributed by atoms with Gasteiger partial charge in [0.05, 0.1) is 29.6 Å². The van der Waals surface area contributed by atoms with E-state index in [-0.39, 0.29) is 18.2 Å². The molecule has 0 amide bonds. The fourth-order valence-electron chi connectivity index (χ4n) is 5.66. The predicted octanol–water partition coefficient (Wildman–Crippen LogP) is 7.32. The molecule has 0 spiro atoms. The summed E-state index contributed by atoms with van der Waals surface area (Å²) in [6.07, 6.45) is 2.95. The van der Waals surface area contributed by atoms with Crippen LogP contribution in [0.15, 0.2) is 72.9 Å². The summed E-state index contributed by atoms with van der Waals surface area (Å²) in [4.78, 5) is 6.96. The van der Waals surface area contributed by atoms with Crippen LogP contribution in [-0.4, -0.2) is 20.8 Å². The first kappa shape index (κ1) is 26.0. The molecule has 0 unspecified atom stereocenters. The topological polar surface area (TPSA) is 42.3 Å². The molecule has 2 aromatic heterocycles. The summed E-state index contributed by atoms with van der Waals surface area (Å²) in [6.45, 7) is 12.9. The van der Waals surface area contributed by atoms with Crippen LogP contribution in [0.2, 0.25) is 0 Å². The molecule has 2 aromatic carbocycles. The second-order valence-corrected chi connectivity index (χ2v) is 10.6. The minimum Gasteiger partial charge on any atom is -0.491 e. The number of hydrogen-bond donors (Lipinski definition) is 1. The van der Waals surface area contributed by atoms with Gasteiger partial charge in [0, 0.05) is 23.3 Å². The van der Waals surface area contributed by atoms with Gasteiger partial charge < -0.3 is 19.5 Å². The van der Waals surface area contributed by atoms with E-state index in [0.29, 0.717) is 5.11 Å². The highest BCUT2D eigenvalue weighted by molar-refractivity contribution is 7.80. The van der Waals surface area contributed by atoms with Crippen LogP contribution >= 0.6 is 12.2 Å². The predicted molar refractivity (Wildman–Crippen MR) is 159 cm³/mol. The standard InChI is InChI=1S/C32H36N4OS/c1-7-24-12-10-11-21(4)30(24)35-22(5)19-27(23(35)6)31-29(28-13-8-9-18-33-28)34-32(38)36(31)25-14-16-26(17-15-25)37-20(2)3/h8-20,29,31H,7H2,1-6H3,(H,34,38)/t29-,31-/m0/s1. The van der Waals surface area contributed by atoms with Gasteiger partial charge in [-0.3, -0.25) is 4.98 Å². The largest absolute Gasteiger partial charge is 0.491 e. The Kier molecular flexibility index (Phi) is 7.26. The molecule has 5 rings (SSSR count). The van der Waals surface area contributed by atoms with E-state index in [2.05, 4.69) is 84.9 Å². The molecule has 1 aliphatic rings. The Bertz CT molecular complexity index is 1440. The van der Waals surface area contributed by atoms with Gasteiger partial charge in [-0.15, -0.1) is 0 Å². The second kappa shape index (κ2) is 10.6. The molecule has 4 aromatic rings. The van der Waals surface area contributed by atoms with E-state index in [1.807, 2.05) is 44.3 Å². The molecule has 2 atom stereocenters. The van der Waals surface area contributed by atoms with Crippen LogP contribution in [0.5, 0.6) is 5.75 Å². The molecular formula is C32H36N4OS. The third kappa shape index (κ3) is 4.69. The van der Waals surface area contributed by atoms with Gasteiger partial charge in [-0.2, -0.15) is 0 Å². The molecule has 1 aliphatic heterocycles. The minimum atomic E-state index is -0.0910. The Hall–Kier alpha value is -3.64. The van der Waals surface area contributed by atoms with Crippen LogP contribution in [0.1, 0.15) is 66.6 Å². The lowest BCUT2D eigenvalue weighted by Gasteiger charge is -2.28. The van der Waals surface area contributed by atoms with Crippen molar-refractivity contribution in [3.05, 3.63) is 107 Å². The average Bonchev–Trinajstić information content (AvgIpc) is 3.39. The van der Waals surface area contributed by atoms with E-state index in [4.69, 9.17) is 21.9 Å². The third-order valence-electron chi connectivity index (χ3n) is 7.30. The lowest BCUT2D eigenvalue weighted by Crippen LogP contribution is -2.29. The molecular weight excluding hydrogens is 488 g/mol. The number of aromatic nitrogens is 2. The molecule has 5 nitrogen and oxygen atoms in total. The van der Waals surface area contributed by atoms with Crippen LogP contribution in [0.3, 0.4) is 0 Å². The molecule has 3 heterocycles. The van der Waals surface area contributed by atoms with Crippen molar-refractivity contribution in [3.63, 3.8) is 0 Å². The number of nitrogens with zero attached hydrogens (tertiary/aromatic N) is 3. The van der Waals surface area contributed by atoms with E-state index in [0.717, 1.165) is 23.6 Å². The zero-order chi connectivity index (χ0) is 27.0. The minimum absolute atomic E-state index is 0.0664. The van der Waals surface area contributed by atoms with Crippen molar-refractivity contribution in [2.75, 3.05) is 4.90 Å². The molecule has 1 N–H and O–H groups in total. The normalized spacial score (nSPS) is 17.2. The number of benzene rings is 2. The molecule has 0 radical (unpaired) electrons. The van der Waals surface area contributed by atoms with E-state index in [1.165, 1.54) is 33.8 Å².